The fraction of sp³-hybridized carbons (Fsp3) is 1.00. The quantitative estimate of drug-likeness (QED) is 0.647. The Hall–Kier alpha value is 0.350. The first kappa shape index (κ1) is 13.5. The van der Waals surface area contributed by atoms with E-state index in [1.807, 2.05) is 0 Å². The van der Waals surface area contributed by atoms with E-state index in [0.29, 0.717) is 0 Å². The molecule has 8 aliphatic carbocycles. The molecule has 130 valence electrons. The van der Waals surface area contributed by atoms with Crippen LogP contribution in [0.5, 0.6) is 0 Å². The summed E-state index contributed by atoms with van der Waals surface area (Å²) >= 11 is 4.78. The van der Waals surface area contributed by atoms with E-state index in [9.17, 15) is 0 Å². The molecule has 9 atom stereocenters. The maximum atomic E-state index is 4.78. The van der Waals surface area contributed by atoms with Crippen molar-refractivity contribution in [2.75, 3.05) is 0 Å². The third-order valence-electron chi connectivity index (χ3n) is 11.4. The van der Waals surface area contributed by atoms with Gasteiger partial charge in [-0.3, -0.25) is 0 Å². The van der Waals surface area contributed by atoms with Crippen LogP contribution in [0.15, 0.2) is 0 Å². The molecule has 8 rings (SSSR count). The molecular formula is C23H32S. The first-order valence-electron chi connectivity index (χ1n) is 11.4. The standard InChI is InChI=1S/C23H32S/c1-3-8(2)14-17-16(18(14)17)13-7-23(13,9-4-10(24)5-9)22-20-19(21(20)22)15-11-6-12(11)15/h8-22,24H,3-7H2,1-2H3. The van der Waals surface area contributed by atoms with Crippen molar-refractivity contribution in [2.45, 2.75) is 51.2 Å². The van der Waals surface area contributed by atoms with Crippen molar-refractivity contribution in [3.05, 3.63) is 0 Å². The fourth-order valence-corrected chi connectivity index (χ4v) is 9.89. The van der Waals surface area contributed by atoms with E-state index < -0.39 is 0 Å². The van der Waals surface area contributed by atoms with Crippen LogP contribution in [0.25, 0.3) is 0 Å². The van der Waals surface area contributed by atoms with Crippen LogP contribution in [0, 0.1) is 88.3 Å². The summed E-state index contributed by atoms with van der Waals surface area (Å²) in [6.07, 6.45) is 7.68. The van der Waals surface area contributed by atoms with Gasteiger partial charge in [-0.25, -0.2) is 0 Å². The number of hydrogen-bond donors (Lipinski definition) is 1. The Morgan fingerprint density at radius 3 is 2.17 bits per heavy atom. The van der Waals surface area contributed by atoms with Crippen molar-refractivity contribution in [3.63, 3.8) is 0 Å². The molecule has 1 heteroatoms. The van der Waals surface area contributed by atoms with Crippen molar-refractivity contribution in [1.29, 1.82) is 0 Å². The lowest BCUT2D eigenvalue weighted by molar-refractivity contribution is 0.100. The minimum atomic E-state index is 0.761. The van der Waals surface area contributed by atoms with Gasteiger partial charge in [-0.05, 0) is 114 Å². The number of rotatable bonds is 6. The number of hydrogen-bond acceptors (Lipinski definition) is 1. The Morgan fingerprint density at radius 1 is 0.917 bits per heavy atom. The van der Waals surface area contributed by atoms with E-state index in [4.69, 9.17) is 12.6 Å². The summed E-state index contributed by atoms with van der Waals surface area (Å²) in [5, 5.41) is 0.761. The van der Waals surface area contributed by atoms with Gasteiger partial charge in [-0.2, -0.15) is 12.6 Å². The summed E-state index contributed by atoms with van der Waals surface area (Å²) in [6.45, 7) is 4.92. The second kappa shape index (κ2) is 3.67. The summed E-state index contributed by atoms with van der Waals surface area (Å²) in [5.74, 6) is 16.9. The Morgan fingerprint density at radius 2 is 1.62 bits per heavy atom. The summed E-state index contributed by atoms with van der Waals surface area (Å²) in [6, 6.07) is 0. The van der Waals surface area contributed by atoms with Crippen LogP contribution in [0.2, 0.25) is 0 Å². The van der Waals surface area contributed by atoms with Gasteiger partial charge in [-0.1, -0.05) is 20.3 Å². The minimum Gasteiger partial charge on any atom is -0.176 e. The lowest BCUT2D eigenvalue weighted by atomic mass is 9.65. The Labute approximate surface area is 152 Å². The van der Waals surface area contributed by atoms with Gasteiger partial charge in [0.15, 0.2) is 0 Å². The molecule has 0 amide bonds. The Kier molecular flexibility index (Phi) is 2.07. The molecule has 0 N–H and O–H groups in total. The lowest BCUT2D eigenvalue weighted by Gasteiger charge is -2.42. The maximum absolute atomic E-state index is 4.78. The van der Waals surface area contributed by atoms with E-state index in [-0.39, 0.29) is 0 Å². The highest BCUT2D eigenvalue weighted by molar-refractivity contribution is 7.81. The number of thiol groups is 1. The normalized spacial score (nSPS) is 78.1. The highest BCUT2D eigenvalue weighted by atomic mass is 32.1. The molecule has 0 aromatic rings. The van der Waals surface area contributed by atoms with Crippen LogP contribution < -0.4 is 0 Å². The number of fused-ring (bicyclic) bond motifs is 3. The van der Waals surface area contributed by atoms with E-state index in [1.54, 1.807) is 12.8 Å². The van der Waals surface area contributed by atoms with Crippen LogP contribution in [-0.4, -0.2) is 5.25 Å². The first-order valence-corrected chi connectivity index (χ1v) is 11.9. The molecule has 24 heavy (non-hydrogen) atoms. The van der Waals surface area contributed by atoms with Gasteiger partial charge in [0, 0.05) is 5.25 Å². The molecule has 0 nitrogen and oxygen atoms in total. The van der Waals surface area contributed by atoms with Gasteiger partial charge in [0.25, 0.3) is 0 Å². The molecule has 8 aliphatic rings. The third-order valence-corrected chi connectivity index (χ3v) is 11.8. The topological polar surface area (TPSA) is 0 Å². The van der Waals surface area contributed by atoms with Crippen molar-refractivity contribution >= 4 is 12.6 Å². The minimum absolute atomic E-state index is 0.761. The summed E-state index contributed by atoms with van der Waals surface area (Å²) in [4.78, 5) is 0. The Balaban J connectivity index is 0.990. The van der Waals surface area contributed by atoms with E-state index in [1.165, 1.54) is 84.4 Å². The summed E-state index contributed by atoms with van der Waals surface area (Å²) in [5.41, 5.74) is 0.891. The fourth-order valence-electron chi connectivity index (χ4n) is 9.38. The van der Waals surface area contributed by atoms with Crippen LogP contribution in [0.1, 0.15) is 46.0 Å². The highest BCUT2D eigenvalue weighted by Gasteiger charge is 2.91. The monoisotopic (exact) mass is 340 g/mol. The van der Waals surface area contributed by atoms with Gasteiger partial charge in [0.05, 0.1) is 0 Å². The lowest BCUT2D eigenvalue weighted by Crippen LogP contribution is -2.37. The highest BCUT2D eigenvalue weighted by Crippen LogP contribution is 2.95. The molecule has 9 unspecified atom stereocenters. The molecule has 8 fully saturated rings. The summed E-state index contributed by atoms with van der Waals surface area (Å²) in [7, 11) is 0. The molecule has 8 saturated carbocycles. The third kappa shape index (κ3) is 1.34. The van der Waals surface area contributed by atoms with Crippen molar-refractivity contribution in [2.24, 2.45) is 88.3 Å². The molecule has 0 aromatic heterocycles. The molecule has 0 bridgehead atoms. The SMILES string of the molecule is CCC(C)C1C2C1C2C1CC1(C1CC(S)C1)C1C2C(C3C4CC43)C21. The predicted molar refractivity (Wildman–Crippen MR) is 98.5 cm³/mol. The average Bonchev–Trinajstić information content (AvgIpc) is 3.29. The van der Waals surface area contributed by atoms with Crippen LogP contribution in [0.3, 0.4) is 0 Å². The van der Waals surface area contributed by atoms with Crippen LogP contribution in [-0.2, 0) is 0 Å². The second-order valence-corrected chi connectivity index (χ2v) is 12.6. The zero-order chi connectivity index (χ0) is 15.7. The second-order valence-electron chi connectivity index (χ2n) is 11.8. The molecule has 0 radical (unpaired) electrons. The molecular weight excluding hydrogens is 308 g/mol. The smallest absolute Gasteiger partial charge is 0.00225 e. The van der Waals surface area contributed by atoms with Crippen molar-refractivity contribution < 1.29 is 0 Å². The van der Waals surface area contributed by atoms with Gasteiger partial charge >= 0.3 is 0 Å². The van der Waals surface area contributed by atoms with Crippen molar-refractivity contribution in [3.8, 4) is 0 Å². The van der Waals surface area contributed by atoms with E-state index >= 15 is 0 Å². The van der Waals surface area contributed by atoms with E-state index in [0.717, 1.165) is 28.4 Å². The van der Waals surface area contributed by atoms with Gasteiger partial charge in [0.1, 0.15) is 0 Å². The zero-order valence-corrected chi connectivity index (χ0v) is 16.0. The largest absolute Gasteiger partial charge is 0.176 e. The molecule has 0 spiro atoms. The predicted octanol–water partition coefficient (Wildman–Crippen LogP) is 5.00. The molecule has 0 aliphatic heterocycles. The van der Waals surface area contributed by atoms with Crippen molar-refractivity contribution in [1.82, 2.24) is 0 Å². The van der Waals surface area contributed by atoms with Crippen LogP contribution in [0.4, 0.5) is 0 Å². The van der Waals surface area contributed by atoms with Gasteiger partial charge in [-0.15, -0.1) is 0 Å². The Bertz CT molecular complexity index is 622. The van der Waals surface area contributed by atoms with E-state index in [2.05, 4.69) is 13.8 Å². The molecule has 0 saturated heterocycles. The zero-order valence-electron chi connectivity index (χ0n) is 15.1. The molecule has 0 aromatic carbocycles. The maximum Gasteiger partial charge on any atom is 0.00225 e. The van der Waals surface area contributed by atoms with Gasteiger partial charge < -0.3 is 0 Å². The molecule has 0 heterocycles. The average molecular weight is 341 g/mol. The first-order chi connectivity index (χ1) is 11.7. The van der Waals surface area contributed by atoms with Crippen LogP contribution >= 0.6 is 12.6 Å². The summed E-state index contributed by atoms with van der Waals surface area (Å²) < 4.78 is 0. The van der Waals surface area contributed by atoms with Gasteiger partial charge in [0.2, 0.25) is 0 Å².